The van der Waals surface area contributed by atoms with Gasteiger partial charge in [-0.15, -0.1) is 0 Å². The molecule has 0 saturated carbocycles. The second kappa shape index (κ2) is 25.1. The topological polar surface area (TPSA) is 55.4 Å². The van der Waals surface area contributed by atoms with E-state index in [9.17, 15) is 0 Å². The summed E-state index contributed by atoms with van der Waals surface area (Å²) in [6.45, 7) is 7.93. The zero-order valence-electron chi connectivity index (χ0n) is 31.6. The van der Waals surface area contributed by atoms with Crippen molar-refractivity contribution in [1.29, 1.82) is 0 Å². The van der Waals surface area contributed by atoms with Crippen LogP contribution >= 0.6 is 0 Å². The molecule has 0 heterocycles. The summed E-state index contributed by atoms with van der Waals surface area (Å²) in [6.07, 6.45) is 22.5. The number of ether oxygens (including phenoxy) is 6. The summed E-state index contributed by atoms with van der Waals surface area (Å²) in [7, 11) is 8.37. The molecule has 0 N–H and O–H groups in total. The molecule has 0 aliphatic carbocycles. The largest absolute Gasteiger partial charge is 0.496 e. The predicted octanol–water partition coefficient (Wildman–Crippen LogP) is 11.7. The molecule has 3 aromatic carbocycles. The van der Waals surface area contributed by atoms with Crippen molar-refractivity contribution in [2.75, 3.05) is 48.8 Å². The number of unbranched alkanes of at least 4 members (excludes halogenated alkanes) is 9. The highest BCUT2D eigenvalue weighted by Gasteiger charge is 2.13. The van der Waals surface area contributed by atoms with Crippen LogP contribution in [0, 0.1) is 6.92 Å². The van der Waals surface area contributed by atoms with Crippen LogP contribution < -0.4 is 23.7 Å². The first-order valence-corrected chi connectivity index (χ1v) is 18.0. The van der Waals surface area contributed by atoms with Gasteiger partial charge >= 0.3 is 0 Å². The molecule has 270 valence electrons. The summed E-state index contributed by atoms with van der Waals surface area (Å²) in [5, 5.41) is 0. The SMILES string of the molecule is CCCCCCCCC.COCCCCCCOc1c(OC)cc(/C=C/c2ccc(/C=C/c3cc(OC)c(C)c(OC)c3)cc2)cc1OC. The van der Waals surface area contributed by atoms with Gasteiger partial charge in [0.25, 0.3) is 0 Å². The number of hydrogen-bond donors (Lipinski definition) is 0. The molecule has 0 aromatic heterocycles. The highest BCUT2D eigenvalue weighted by molar-refractivity contribution is 5.75. The third-order valence-corrected chi connectivity index (χ3v) is 8.33. The van der Waals surface area contributed by atoms with Gasteiger partial charge in [-0.25, -0.2) is 0 Å². The van der Waals surface area contributed by atoms with Gasteiger partial charge in [0.05, 0.1) is 35.0 Å². The Morgan fingerprint density at radius 2 is 0.816 bits per heavy atom. The number of hydrogen-bond acceptors (Lipinski definition) is 6. The Morgan fingerprint density at radius 3 is 1.22 bits per heavy atom. The molecule has 0 amide bonds. The lowest BCUT2D eigenvalue weighted by Gasteiger charge is -2.15. The average Bonchev–Trinajstić information content (AvgIpc) is 3.13. The third-order valence-electron chi connectivity index (χ3n) is 8.33. The van der Waals surface area contributed by atoms with Crippen molar-refractivity contribution in [2.24, 2.45) is 0 Å². The van der Waals surface area contributed by atoms with Crippen LogP contribution in [0.1, 0.15) is 112 Å². The summed E-state index contributed by atoms with van der Waals surface area (Å²) < 4.78 is 33.4. The van der Waals surface area contributed by atoms with Gasteiger partial charge < -0.3 is 28.4 Å². The van der Waals surface area contributed by atoms with Crippen LogP contribution in [0.5, 0.6) is 28.7 Å². The zero-order valence-corrected chi connectivity index (χ0v) is 31.6. The fourth-order valence-corrected chi connectivity index (χ4v) is 5.35. The van der Waals surface area contributed by atoms with Gasteiger partial charge in [-0.1, -0.05) is 114 Å². The fourth-order valence-electron chi connectivity index (χ4n) is 5.35. The van der Waals surface area contributed by atoms with Crippen molar-refractivity contribution >= 4 is 24.3 Å². The van der Waals surface area contributed by atoms with Gasteiger partial charge in [0.15, 0.2) is 11.5 Å². The molecule has 0 radical (unpaired) electrons. The van der Waals surface area contributed by atoms with Crippen molar-refractivity contribution in [3.05, 3.63) is 76.3 Å². The van der Waals surface area contributed by atoms with Crippen molar-refractivity contribution in [1.82, 2.24) is 0 Å². The summed E-state index contributed by atoms with van der Waals surface area (Å²) in [4.78, 5) is 0. The lowest BCUT2D eigenvalue weighted by Crippen LogP contribution is -2.02. The minimum Gasteiger partial charge on any atom is -0.496 e. The number of rotatable bonds is 22. The average molecular weight is 675 g/mol. The predicted molar refractivity (Wildman–Crippen MR) is 208 cm³/mol. The molecule has 3 aromatic rings. The second-order valence-electron chi connectivity index (χ2n) is 12.2. The molecule has 0 spiro atoms. The summed E-state index contributed by atoms with van der Waals surface area (Å²) in [6, 6.07) is 16.3. The van der Waals surface area contributed by atoms with Gasteiger partial charge in [0.1, 0.15) is 11.5 Å². The highest BCUT2D eigenvalue weighted by atomic mass is 16.5. The summed E-state index contributed by atoms with van der Waals surface area (Å²) >= 11 is 0. The first kappa shape index (κ1) is 41.3. The van der Waals surface area contributed by atoms with E-state index in [1.807, 2.05) is 37.3 Å². The first-order valence-electron chi connectivity index (χ1n) is 18.0. The van der Waals surface area contributed by atoms with Gasteiger partial charge in [-0.05, 0) is 72.7 Å². The molecule has 49 heavy (non-hydrogen) atoms. The van der Waals surface area contributed by atoms with Crippen molar-refractivity contribution < 1.29 is 28.4 Å². The molecule has 3 rings (SSSR count). The van der Waals surface area contributed by atoms with Crippen LogP contribution in [0.3, 0.4) is 0 Å². The van der Waals surface area contributed by atoms with E-state index in [-0.39, 0.29) is 0 Å². The van der Waals surface area contributed by atoms with E-state index < -0.39 is 0 Å². The molecular weight excluding hydrogens is 612 g/mol. The Balaban J connectivity index is 0.000000811. The smallest absolute Gasteiger partial charge is 0.203 e. The second-order valence-corrected chi connectivity index (χ2v) is 12.2. The molecule has 0 aliphatic rings. The molecule has 0 saturated heterocycles. The van der Waals surface area contributed by atoms with Crippen LogP contribution in [0.25, 0.3) is 24.3 Å². The van der Waals surface area contributed by atoms with Crippen LogP contribution in [0.2, 0.25) is 0 Å². The fraction of sp³-hybridized carbons (Fsp3) is 0.488. The normalized spacial score (nSPS) is 11.0. The Morgan fingerprint density at radius 1 is 0.449 bits per heavy atom. The van der Waals surface area contributed by atoms with Crippen molar-refractivity contribution in [3.63, 3.8) is 0 Å². The number of benzene rings is 3. The van der Waals surface area contributed by atoms with Gasteiger partial charge in [-0.3, -0.25) is 0 Å². The quantitative estimate of drug-likeness (QED) is 0.0781. The molecular formula is C43H62O6. The van der Waals surface area contributed by atoms with Gasteiger partial charge in [-0.2, -0.15) is 0 Å². The minimum absolute atomic E-state index is 0.612. The van der Waals surface area contributed by atoms with E-state index in [4.69, 9.17) is 28.4 Å². The van der Waals surface area contributed by atoms with Crippen LogP contribution in [-0.4, -0.2) is 48.8 Å². The summed E-state index contributed by atoms with van der Waals surface area (Å²) in [5.74, 6) is 3.56. The van der Waals surface area contributed by atoms with Crippen molar-refractivity contribution in [3.8, 4) is 28.7 Å². The van der Waals surface area contributed by atoms with Crippen LogP contribution in [0.15, 0.2) is 48.5 Å². The van der Waals surface area contributed by atoms with E-state index in [0.717, 1.165) is 71.6 Å². The molecule has 0 fully saturated rings. The Bertz CT molecular complexity index is 1320. The van der Waals surface area contributed by atoms with E-state index in [0.29, 0.717) is 23.9 Å². The van der Waals surface area contributed by atoms with Crippen molar-refractivity contribution in [2.45, 2.75) is 91.4 Å². The number of methoxy groups -OCH3 is 5. The standard InChI is InChI=1S/C34H42O6.C9H20/c1-25-30(36-3)21-28(22-31(25)37-4)17-15-26-11-13-27(14-12-26)16-18-29-23-32(38-5)34(33(24-29)39-6)40-20-10-8-7-9-19-35-2;1-3-5-7-9-8-6-4-2/h11-18,21-24H,7-10,19-20H2,1-6H3;3-9H2,1-2H3/b17-15+,18-16+;. The van der Waals surface area contributed by atoms with Crippen LogP contribution in [-0.2, 0) is 4.74 Å². The Kier molecular flexibility index (Phi) is 21.2. The van der Waals surface area contributed by atoms with Crippen LogP contribution in [0.4, 0.5) is 0 Å². The zero-order chi connectivity index (χ0) is 35.7. The third kappa shape index (κ3) is 15.5. The van der Waals surface area contributed by atoms with E-state index in [1.54, 1.807) is 35.5 Å². The molecule has 0 atom stereocenters. The molecule has 6 heteroatoms. The highest BCUT2D eigenvalue weighted by Crippen LogP contribution is 2.39. The van der Waals surface area contributed by atoms with E-state index >= 15 is 0 Å². The maximum atomic E-state index is 6.05. The monoisotopic (exact) mass is 674 g/mol. The van der Waals surface area contributed by atoms with Gasteiger partial charge in [0.2, 0.25) is 5.75 Å². The molecule has 0 unspecified atom stereocenters. The van der Waals surface area contributed by atoms with E-state index in [1.165, 1.54) is 44.9 Å². The maximum absolute atomic E-state index is 6.05. The lowest BCUT2D eigenvalue weighted by molar-refractivity contribution is 0.190. The minimum atomic E-state index is 0.612. The maximum Gasteiger partial charge on any atom is 0.203 e. The molecule has 6 nitrogen and oxygen atoms in total. The molecule has 0 bridgehead atoms. The Labute approximate surface area is 297 Å². The lowest BCUT2D eigenvalue weighted by atomic mass is 10.1. The summed E-state index contributed by atoms with van der Waals surface area (Å²) in [5.41, 5.74) is 5.15. The van der Waals surface area contributed by atoms with Gasteiger partial charge in [0, 0.05) is 19.3 Å². The van der Waals surface area contributed by atoms with E-state index in [2.05, 4.69) is 56.3 Å². The Hall–Kier alpha value is -3.90. The molecule has 0 aliphatic heterocycles. The first-order chi connectivity index (χ1) is 23.9.